The molecular formula is C14H15ClN2O. The smallest absolute Gasteiger partial charge is 0.248 e. The summed E-state index contributed by atoms with van der Waals surface area (Å²) in [5.41, 5.74) is 2.10. The van der Waals surface area contributed by atoms with Gasteiger partial charge in [-0.1, -0.05) is 30.2 Å². The van der Waals surface area contributed by atoms with Crippen molar-refractivity contribution in [3.05, 3.63) is 34.9 Å². The summed E-state index contributed by atoms with van der Waals surface area (Å²) in [5, 5.41) is 6.75. The summed E-state index contributed by atoms with van der Waals surface area (Å²) in [6, 6.07) is 7.58. The predicted molar refractivity (Wildman–Crippen MR) is 71.4 cm³/mol. The normalized spacial score (nSPS) is 19.9. The summed E-state index contributed by atoms with van der Waals surface area (Å²) in [6.45, 7) is 0.523. The Kier molecular flexibility index (Phi) is 3.08. The van der Waals surface area contributed by atoms with E-state index in [1.54, 1.807) is 5.01 Å². The molecule has 0 radical (unpaired) electrons. The van der Waals surface area contributed by atoms with E-state index in [-0.39, 0.29) is 5.91 Å². The summed E-state index contributed by atoms with van der Waals surface area (Å²) in [4.78, 5) is 11.9. The molecule has 18 heavy (non-hydrogen) atoms. The monoisotopic (exact) mass is 262 g/mol. The van der Waals surface area contributed by atoms with Gasteiger partial charge in [-0.2, -0.15) is 5.10 Å². The molecule has 0 atom stereocenters. The van der Waals surface area contributed by atoms with Gasteiger partial charge in [-0.05, 0) is 36.5 Å². The van der Waals surface area contributed by atoms with Crippen LogP contribution < -0.4 is 0 Å². The maximum atomic E-state index is 11.9. The fourth-order valence-corrected chi connectivity index (χ4v) is 2.60. The molecule has 0 unspecified atom stereocenters. The summed E-state index contributed by atoms with van der Waals surface area (Å²) in [6.07, 6.45) is 4.16. The first-order valence-corrected chi connectivity index (χ1v) is 6.72. The number of nitrogens with zero attached hydrogens (tertiary/aromatic N) is 2. The Morgan fingerprint density at radius 3 is 2.89 bits per heavy atom. The largest absolute Gasteiger partial charge is 0.273 e. The van der Waals surface area contributed by atoms with Crippen molar-refractivity contribution in [1.82, 2.24) is 5.01 Å². The zero-order valence-corrected chi connectivity index (χ0v) is 10.9. The summed E-state index contributed by atoms with van der Waals surface area (Å²) in [5.74, 6) is 0.662. The highest BCUT2D eigenvalue weighted by Gasteiger charge is 2.32. The van der Waals surface area contributed by atoms with E-state index in [4.69, 9.17) is 11.6 Å². The molecule has 0 N–H and O–H groups in total. The molecule has 1 fully saturated rings. The molecule has 3 nitrogen and oxygen atoms in total. The SMILES string of the molecule is O=C1CC(C2CCC2)=NN1Cc1cccc(Cl)c1. The first-order chi connectivity index (χ1) is 8.72. The van der Waals surface area contributed by atoms with E-state index in [0.717, 1.165) is 11.3 Å². The molecule has 4 heteroatoms. The van der Waals surface area contributed by atoms with Gasteiger partial charge in [-0.25, -0.2) is 5.01 Å². The second-order valence-corrected chi connectivity index (χ2v) is 5.41. The zero-order chi connectivity index (χ0) is 12.5. The number of carbonyl (C=O) groups is 1. The van der Waals surface area contributed by atoms with Crippen LogP contribution in [0.5, 0.6) is 0 Å². The number of halogens is 1. The van der Waals surface area contributed by atoms with Crippen molar-refractivity contribution in [2.45, 2.75) is 32.2 Å². The molecule has 0 bridgehead atoms. The minimum Gasteiger partial charge on any atom is -0.273 e. The molecule has 0 aromatic heterocycles. The van der Waals surface area contributed by atoms with E-state index in [1.165, 1.54) is 19.3 Å². The third-order valence-corrected chi connectivity index (χ3v) is 3.90. The molecule has 1 aliphatic carbocycles. The number of hydrogen-bond donors (Lipinski definition) is 0. The Labute approximate surface area is 111 Å². The van der Waals surface area contributed by atoms with Gasteiger partial charge in [-0.3, -0.25) is 4.79 Å². The Hall–Kier alpha value is -1.35. The maximum Gasteiger partial charge on any atom is 0.248 e. The molecular weight excluding hydrogens is 248 g/mol. The lowest BCUT2D eigenvalue weighted by Crippen LogP contribution is -2.21. The highest BCUT2D eigenvalue weighted by molar-refractivity contribution is 6.30. The van der Waals surface area contributed by atoms with E-state index < -0.39 is 0 Å². The van der Waals surface area contributed by atoms with Crippen LogP contribution in [0.4, 0.5) is 0 Å². The van der Waals surface area contributed by atoms with Crippen LogP contribution in [0, 0.1) is 5.92 Å². The topological polar surface area (TPSA) is 32.7 Å². The molecule has 3 rings (SSSR count). The van der Waals surface area contributed by atoms with Crippen LogP contribution in [0.2, 0.25) is 5.02 Å². The van der Waals surface area contributed by atoms with Crippen LogP contribution >= 0.6 is 11.6 Å². The van der Waals surface area contributed by atoms with Gasteiger partial charge in [0.1, 0.15) is 0 Å². The van der Waals surface area contributed by atoms with E-state index in [9.17, 15) is 4.79 Å². The summed E-state index contributed by atoms with van der Waals surface area (Å²) in [7, 11) is 0. The Morgan fingerprint density at radius 2 is 2.22 bits per heavy atom. The third kappa shape index (κ3) is 2.27. The Balaban J connectivity index is 1.72. The number of benzene rings is 1. The minimum absolute atomic E-state index is 0.108. The van der Waals surface area contributed by atoms with Crippen LogP contribution in [0.1, 0.15) is 31.2 Å². The van der Waals surface area contributed by atoms with Gasteiger partial charge >= 0.3 is 0 Å². The highest BCUT2D eigenvalue weighted by Crippen LogP contribution is 2.31. The van der Waals surface area contributed by atoms with Gasteiger partial charge in [-0.15, -0.1) is 0 Å². The van der Waals surface area contributed by atoms with Crippen LogP contribution in [0.25, 0.3) is 0 Å². The first kappa shape index (κ1) is 11.7. The molecule has 94 valence electrons. The molecule has 1 amide bonds. The van der Waals surface area contributed by atoms with Crippen molar-refractivity contribution in [3.63, 3.8) is 0 Å². The average Bonchev–Trinajstić information content (AvgIpc) is 2.57. The van der Waals surface area contributed by atoms with Crippen molar-refractivity contribution < 1.29 is 4.79 Å². The Morgan fingerprint density at radius 1 is 1.39 bits per heavy atom. The van der Waals surface area contributed by atoms with Crippen molar-refractivity contribution in [2.75, 3.05) is 0 Å². The lowest BCUT2D eigenvalue weighted by Gasteiger charge is -2.24. The van der Waals surface area contributed by atoms with E-state index in [2.05, 4.69) is 5.10 Å². The zero-order valence-electron chi connectivity index (χ0n) is 10.1. The number of amides is 1. The molecule has 0 saturated heterocycles. The van der Waals surface area contributed by atoms with Crippen molar-refractivity contribution >= 4 is 23.2 Å². The van der Waals surface area contributed by atoms with Crippen molar-refractivity contribution in [2.24, 2.45) is 11.0 Å². The lowest BCUT2D eigenvalue weighted by atomic mass is 9.81. The lowest BCUT2D eigenvalue weighted by molar-refractivity contribution is -0.129. The summed E-state index contributed by atoms with van der Waals surface area (Å²) < 4.78 is 0. The fraction of sp³-hybridized carbons (Fsp3) is 0.429. The van der Waals surface area contributed by atoms with E-state index in [0.29, 0.717) is 23.9 Å². The molecule has 1 aromatic carbocycles. The van der Waals surface area contributed by atoms with Gasteiger partial charge in [0.05, 0.1) is 18.7 Å². The van der Waals surface area contributed by atoms with Gasteiger partial charge in [0.25, 0.3) is 0 Å². The quantitative estimate of drug-likeness (QED) is 0.823. The number of hydrogen-bond acceptors (Lipinski definition) is 2. The molecule has 1 heterocycles. The van der Waals surface area contributed by atoms with E-state index in [1.807, 2.05) is 24.3 Å². The van der Waals surface area contributed by atoms with Gasteiger partial charge in [0, 0.05) is 5.02 Å². The van der Waals surface area contributed by atoms with Crippen LogP contribution in [-0.2, 0) is 11.3 Å². The van der Waals surface area contributed by atoms with Crippen LogP contribution in [-0.4, -0.2) is 16.6 Å². The van der Waals surface area contributed by atoms with Gasteiger partial charge in [0.2, 0.25) is 5.91 Å². The maximum absolute atomic E-state index is 11.9. The minimum atomic E-state index is 0.108. The van der Waals surface area contributed by atoms with Gasteiger partial charge in [0.15, 0.2) is 0 Å². The van der Waals surface area contributed by atoms with E-state index >= 15 is 0 Å². The number of hydrazone groups is 1. The third-order valence-electron chi connectivity index (χ3n) is 3.67. The number of carbonyl (C=O) groups excluding carboxylic acids is 1. The second kappa shape index (κ2) is 4.73. The molecule has 1 aromatic rings. The van der Waals surface area contributed by atoms with Crippen molar-refractivity contribution in [3.8, 4) is 0 Å². The fourth-order valence-electron chi connectivity index (χ4n) is 2.39. The van der Waals surface area contributed by atoms with Crippen LogP contribution in [0.3, 0.4) is 0 Å². The van der Waals surface area contributed by atoms with Gasteiger partial charge < -0.3 is 0 Å². The highest BCUT2D eigenvalue weighted by atomic mass is 35.5. The van der Waals surface area contributed by atoms with Crippen molar-refractivity contribution in [1.29, 1.82) is 0 Å². The second-order valence-electron chi connectivity index (χ2n) is 4.98. The van der Waals surface area contributed by atoms with Crippen LogP contribution in [0.15, 0.2) is 29.4 Å². The number of rotatable bonds is 3. The molecule has 1 saturated carbocycles. The molecule has 1 aliphatic heterocycles. The standard InChI is InChI=1S/C14H15ClN2O/c15-12-6-1-3-10(7-12)9-17-14(18)8-13(16-17)11-4-2-5-11/h1,3,6-7,11H,2,4-5,8-9H2. The molecule has 0 spiro atoms. The Bertz CT molecular complexity index is 508. The first-order valence-electron chi connectivity index (χ1n) is 6.34. The summed E-state index contributed by atoms with van der Waals surface area (Å²) >= 11 is 5.94. The molecule has 2 aliphatic rings. The average molecular weight is 263 g/mol. The predicted octanol–water partition coefficient (Wildman–Crippen LogP) is 3.23.